The minimum absolute atomic E-state index is 0.0507. The molecule has 2 unspecified atom stereocenters. The molecule has 0 radical (unpaired) electrons. The van der Waals surface area contributed by atoms with E-state index >= 15 is 0 Å². The van der Waals surface area contributed by atoms with Crippen molar-refractivity contribution >= 4 is 11.8 Å². The molecule has 0 aromatic heterocycles. The van der Waals surface area contributed by atoms with Gasteiger partial charge in [-0.15, -0.1) is 0 Å². The molecule has 162 valence electrons. The van der Waals surface area contributed by atoms with Crippen LogP contribution in [0.25, 0.3) is 0 Å². The van der Waals surface area contributed by atoms with Crippen LogP contribution >= 0.6 is 0 Å². The van der Waals surface area contributed by atoms with Crippen LogP contribution in [-0.2, 0) is 27.3 Å². The van der Waals surface area contributed by atoms with Crippen LogP contribution in [0.5, 0.6) is 5.75 Å². The molecule has 0 bridgehead atoms. The highest BCUT2D eigenvalue weighted by Gasteiger charge is 2.37. The van der Waals surface area contributed by atoms with Gasteiger partial charge in [0.15, 0.2) is 6.10 Å². The number of hydrogen-bond donors (Lipinski definition) is 0. The number of carbonyl (C=O) groups is 2. The molecule has 1 saturated heterocycles. The van der Waals surface area contributed by atoms with E-state index in [4.69, 9.17) is 9.47 Å². The van der Waals surface area contributed by atoms with E-state index in [9.17, 15) is 9.59 Å². The molecule has 3 aliphatic rings. The number of hydrogen-bond acceptors (Lipinski definition) is 4. The van der Waals surface area contributed by atoms with E-state index in [1.165, 1.54) is 12.8 Å². The average Bonchev–Trinajstić information content (AvgIpc) is 3.54. The van der Waals surface area contributed by atoms with Crippen molar-refractivity contribution in [3.8, 4) is 5.75 Å². The van der Waals surface area contributed by atoms with Gasteiger partial charge in [0.1, 0.15) is 5.75 Å². The molecule has 2 atom stereocenters. The third-order valence-corrected chi connectivity index (χ3v) is 6.24. The molecule has 2 aromatic rings. The van der Waals surface area contributed by atoms with E-state index in [0.29, 0.717) is 38.6 Å². The fourth-order valence-electron chi connectivity index (χ4n) is 4.29. The fourth-order valence-corrected chi connectivity index (χ4v) is 4.29. The van der Waals surface area contributed by atoms with Gasteiger partial charge in [-0.25, -0.2) is 0 Å². The predicted octanol–water partition coefficient (Wildman–Crippen LogP) is 2.66. The summed E-state index contributed by atoms with van der Waals surface area (Å²) in [6.45, 7) is 2.20. The van der Waals surface area contributed by atoms with E-state index < -0.39 is 6.10 Å². The van der Waals surface area contributed by atoms with Crippen molar-refractivity contribution in [1.82, 2.24) is 9.80 Å². The fraction of sp³-hybridized carbons (Fsp3) is 0.440. The summed E-state index contributed by atoms with van der Waals surface area (Å²) in [5, 5.41) is 0. The molecule has 5 rings (SSSR count). The highest BCUT2D eigenvalue weighted by atomic mass is 16.5. The topological polar surface area (TPSA) is 59.1 Å². The summed E-state index contributed by atoms with van der Waals surface area (Å²) in [4.78, 5) is 29.9. The Morgan fingerprint density at radius 1 is 1.03 bits per heavy atom. The van der Waals surface area contributed by atoms with Gasteiger partial charge in [-0.1, -0.05) is 48.5 Å². The summed E-state index contributed by atoms with van der Waals surface area (Å²) in [6, 6.07) is 17.7. The van der Waals surface area contributed by atoms with Crippen LogP contribution in [0.3, 0.4) is 0 Å². The van der Waals surface area contributed by atoms with Gasteiger partial charge in [-0.3, -0.25) is 9.59 Å². The number of ether oxygens (including phenoxy) is 2. The van der Waals surface area contributed by atoms with Gasteiger partial charge in [-0.2, -0.15) is 0 Å². The molecule has 0 spiro atoms. The largest absolute Gasteiger partial charge is 0.480 e. The lowest BCUT2D eigenvalue weighted by Gasteiger charge is -2.26. The minimum Gasteiger partial charge on any atom is -0.480 e. The van der Waals surface area contributed by atoms with Crippen molar-refractivity contribution in [2.75, 3.05) is 26.2 Å². The second-order valence-corrected chi connectivity index (χ2v) is 8.80. The maximum absolute atomic E-state index is 13.3. The van der Waals surface area contributed by atoms with Crippen LogP contribution in [0.4, 0.5) is 0 Å². The maximum Gasteiger partial charge on any atom is 0.264 e. The lowest BCUT2D eigenvalue weighted by molar-refractivity contribution is -0.143. The van der Waals surface area contributed by atoms with Crippen molar-refractivity contribution in [1.29, 1.82) is 0 Å². The molecule has 1 aliphatic carbocycles. The normalized spacial score (nSPS) is 23.3. The summed E-state index contributed by atoms with van der Waals surface area (Å²) < 4.78 is 12.1. The molecule has 1 saturated carbocycles. The second-order valence-electron chi connectivity index (χ2n) is 8.80. The Labute approximate surface area is 182 Å². The van der Waals surface area contributed by atoms with Crippen LogP contribution in [0.2, 0.25) is 0 Å². The zero-order chi connectivity index (χ0) is 21.2. The molecule has 2 amide bonds. The zero-order valence-corrected chi connectivity index (χ0v) is 17.6. The quantitative estimate of drug-likeness (QED) is 0.721. The Morgan fingerprint density at radius 2 is 1.81 bits per heavy atom. The van der Waals surface area contributed by atoms with E-state index in [1.54, 1.807) is 4.90 Å². The molecule has 2 fully saturated rings. The van der Waals surface area contributed by atoms with Gasteiger partial charge in [-0.05, 0) is 36.0 Å². The van der Waals surface area contributed by atoms with Crippen LogP contribution in [-0.4, -0.2) is 60.1 Å². The smallest absolute Gasteiger partial charge is 0.264 e. The van der Waals surface area contributed by atoms with Crippen LogP contribution < -0.4 is 4.74 Å². The number of carbonyl (C=O) groups excluding carboxylic acids is 2. The van der Waals surface area contributed by atoms with Crippen molar-refractivity contribution in [3.63, 3.8) is 0 Å². The van der Waals surface area contributed by atoms with E-state index in [0.717, 1.165) is 16.9 Å². The van der Waals surface area contributed by atoms with E-state index in [-0.39, 0.29) is 24.5 Å². The van der Waals surface area contributed by atoms with E-state index in [1.807, 2.05) is 59.5 Å². The van der Waals surface area contributed by atoms with Gasteiger partial charge in [0.05, 0.1) is 12.6 Å². The Bertz CT molecular complexity index is 919. The first-order chi connectivity index (χ1) is 15.2. The number of fused-ring (bicyclic) bond motifs is 1. The van der Waals surface area contributed by atoms with Crippen LogP contribution in [0, 0.1) is 5.92 Å². The van der Waals surface area contributed by atoms with E-state index in [2.05, 4.69) is 0 Å². The Balaban J connectivity index is 1.30. The zero-order valence-electron chi connectivity index (χ0n) is 17.6. The Morgan fingerprint density at radius 3 is 2.58 bits per heavy atom. The third kappa shape index (κ3) is 4.74. The second kappa shape index (κ2) is 8.71. The van der Waals surface area contributed by atoms with Gasteiger partial charge in [0.2, 0.25) is 5.91 Å². The van der Waals surface area contributed by atoms with Gasteiger partial charge in [0.25, 0.3) is 5.91 Å². The SMILES string of the molecule is O=C1CN(C(=O)C2Cc3ccccc3O2)CC(OCC2CC2)CN1Cc1ccccc1. The Kier molecular flexibility index (Phi) is 5.64. The summed E-state index contributed by atoms with van der Waals surface area (Å²) >= 11 is 0. The predicted molar refractivity (Wildman–Crippen MR) is 115 cm³/mol. The van der Waals surface area contributed by atoms with Crippen molar-refractivity contribution in [2.24, 2.45) is 5.92 Å². The number of nitrogens with zero attached hydrogens (tertiary/aromatic N) is 2. The number of amides is 2. The minimum atomic E-state index is -0.574. The molecule has 6 heteroatoms. The Hall–Kier alpha value is -2.86. The monoisotopic (exact) mass is 420 g/mol. The summed E-state index contributed by atoms with van der Waals surface area (Å²) in [5.41, 5.74) is 2.11. The number of benzene rings is 2. The summed E-state index contributed by atoms with van der Waals surface area (Å²) in [6.07, 6.45) is 2.19. The summed E-state index contributed by atoms with van der Waals surface area (Å²) in [7, 11) is 0. The lowest BCUT2D eigenvalue weighted by atomic mass is 10.1. The molecule has 2 aromatic carbocycles. The number of para-hydroxylation sites is 1. The first-order valence-corrected chi connectivity index (χ1v) is 11.1. The van der Waals surface area contributed by atoms with Crippen molar-refractivity contribution < 1.29 is 19.1 Å². The standard InChI is InChI=1S/C25H28N2O4/c28-24-16-27(25(29)23-12-20-8-4-5-9-22(20)31-23)15-21(30-17-19-10-11-19)14-26(24)13-18-6-2-1-3-7-18/h1-9,19,21,23H,10-17H2. The molecule has 0 N–H and O–H groups in total. The first kappa shape index (κ1) is 20.1. The molecular weight excluding hydrogens is 392 g/mol. The van der Waals surface area contributed by atoms with Gasteiger partial charge >= 0.3 is 0 Å². The lowest BCUT2D eigenvalue weighted by Crippen LogP contribution is -2.46. The van der Waals surface area contributed by atoms with Crippen molar-refractivity contribution in [3.05, 3.63) is 65.7 Å². The molecular formula is C25H28N2O4. The highest BCUT2D eigenvalue weighted by Crippen LogP contribution is 2.31. The van der Waals surface area contributed by atoms with Gasteiger partial charge < -0.3 is 19.3 Å². The highest BCUT2D eigenvalue weighted by molar-refractivity contribution is 5.88. The third-order valence-electron chi connectivity index (χ3n) is 6.24. The van der Waals surface area contributed by atoms with Crippen molar-refractivity contribution in [2.45, 2.75) is 38.0 Å². The van der Waals surface area contributed by atoms with Gasteiger partial charge in [0, 0.05) is 32.7 Å². The average molecular weight is 421 g/mol. The first-order valence-electron chi connectivity index (χ1n) is 11.1. The van der Waals surface area contributed by atoms with Crippen LogP contribution in [0.1, 0.15) is 24.0 Å². The molecule has 6 nitrogen and oxygen atoms in total. The number of rotatable bonds is 6. The van der Waals surface area contributed by atoms with Crippen LogP contribution in [0.15, 0.2) is 54.6 Å². The molecule has 31 heavy (non-hydrogen) atoms. The maximum atomic E-state index is 13.3. The molecule has 2 aliphatic heterocycles. The summed E-state index contributed by atoms with van der Waals surface area (Å²) in [5.74, 6) is 1.20. The molecule has 2 heterocycles.